The number of hydrogen-bond donors (Lipinski definition) is 0. The Kier molecular flexibility index (Phi) is 3.14. The van der Waals surface area contributed by atoms with E-state index in [1.165, 1.54) is 14.2 Å². The lowest BCUT2D eigenvalue weighted by molar-refractivity contribution is -0.143. The average molecular weight is 262 g/mol. The lowest BCUT2D eigenvalue weighted by Crippen LogP contribution is -2.33. The summed E-state index contributed by atoms with van der Waals surface area (Å²) in [6.45, 7) is 1.58. The van der Waals surface area contributed by atoms with E-state index < -0.39 is 23.0 Å². The van der Waals surface area contributed by atoms with Crippen LogP contribution >= 0.6 is 0 Å². The first-order valence-electron chi connectivity index (χ1n) is 5.78. The van der Waals surface area contributed by atoms with Crippen LogP contribution in [0.4, 0.5) is 0 Å². The minimum Gasteiger partial charge on any atom is -0.497 e. The number of carbonyl (C=O) groups is 3. The number of esters is 1. The number of carbonyl (C=O) groups excluding carboxylic acids is 3. The van der Waals surface area contributed by atoms with Gasteiger partial charge in [0.25, 0.3) is 0 Å². The van der Waals surface area contributed by atoms with E-state index in [4.69, 9.17) is 4.74 Å². The van der Waals surface area contributed by atoms with Crippen LogP contribution in [0.15, 0.2) is 18.2 Å². The molecule has 1 aliphatic rings. The number of benzene rings is 1. The summed E-state index contributed by atoms with van der Waals surface area (Å²) in [6.07, 6.45) is -0.158. The minimum absolute atomic E-state index is 0.158. The van der Waals surface area contributed by atoms with E-state index in [1.54, 1.807) is 25.1 Å². The zero-order valence-electron chi connectivity index (χ0n) is 11.0. The van der Waals surface area contributed by atoms with Crippen LogP contribution < -0.4 is 4.74 Å². The Labute approximate surface area is 110 Å². The van der Waals surface area contributed by atoms with E-state index in [0.717, 1.165) is 0 Å². The molecule has 100 valence electrons. The van der Waals surface area contributed by atoms with E-state index in [9.17, 15) is 14.4 Å². The molecule has 0 N–H and O–H groups in total. The van der Waals surface area contributed by atoms with Crippen molar-refractivity contribution in [2.75, 3.05) is 14.2 Å². The molecule has 0 aliphatic heterocycles. The smallest absolute Gasteiger partial charge is 0.306 e. The van der Waals surface area contributed by atoms with Gasteiger partial charge in [-0.05, 0) is 30.7 Å². The van der Waals surface area contributed by atoms with Gasteiger partial charge in [0.2, 0.25) is 11.6 Å². The first-order chi connectivity index (χ1) is 8.93. The fourth-order valence-corrected chi connectivity index (χ4v) is 2.34. The van der Waals surface area contributed by atoms with Gasteiger partial charge in [-0.25, -0.2) is 0 Å². The van der Waals surface area contributed by atoms with Crippen molar-refractivity contribution in [2.24, 2.45) is 0 Å². The third-order valence-electron chi connectivity index (χ3n) is 3.50. The summed E-state index contributed by atoms with van der Waals surface area (Å²) in [6, 6.07) is 4.80. The first-order valence-corrected chi connectivity index (χ1v) is 5.78. The maximum Gasteiger partial charge on any atom is 0.306 e. The normalized spacial score (nSPS) is 21.2. The van der Waals surface area contributed by atoms with Gasteiger partial charge >= 0.3 is 5.97 Å². The number of Topliss-reactive ketones (excluding diaryl/α,β-unsaturated/α-hetero) is 2. The topological polar surface area (TPSA) is 69.7 Å². The van der Waals surface area contributed by atoms with Gasteiger partial charge < -0.3 is 9.47 Å². The monoisotopic (exact) mass is 262 g/mol. The summed E-state index contributed by atoms with van der Waals surface area (Å²) in [7, 11) is 2.75. The number of fused-ring (bicyclic) bond motifs is 1. The van der Waals surface area contributed by atoms with Crippen LogP contribution in [0.1, 0.15) is 29.3 Å². The lowest BCUT2D eigenvalue weighted by Gasteiger charge is -2.21. The van der Waals surface area contributed by atoms with Gasteiger partial charge in [-0.3, -0.25) is 14.4 Å². The summed E-state index contributed by atoms with van der Waals surface area (Å²) in [5, 5.41) is 0. The number of ether oxygens (including phenoxy) is 2. The number of rotatable bonds is 3. The molecule has 0 saturated heterocycles. The molecule has 1 aliphatic carbocycles. The fourth-order valence-electron chi connectivity index (χ4n) is 2.34. The Morgan fingerprint density at radius 1 is 1.26 bits per heavy atom. The third-order valence-corrected chi connectivity index (χ3v) is 3.50. The van der Waals surface area contributed by atoms with Crippen LogP contribution in [0.2, 0.25) is 0 Å². The van der Waals surface area contributed by atoms with Gasteiger partial charge in [-0.2, -0.15) is 0 Å². The van der Waals surface area contributed by atoms with Gasteiger partial charge in [-0.15, -0.1) is 0 Å². The van der Waals surface area contributed by atoms with Crippen LogP contribution in [0.3, 0.4) is 0 Å². The maximum absolute atomic E-state index is 12.1. The Morgan fingerprint density at radius 2 is 1.95 bits per heavy atom. The van der Waals surface area contributed by atoms with Gasteiger partial charge in [0.15, 0.2) is 0 Å². The van der Waals surface area contributed by atoms with Crippen LogP contribution in [-0.2, 0) is 19.7 Å². The molecule has 1 aromatic rings. The highest BCUT2D eigenvalue weighted by atomic mass is 16.5. The molecule has 5 heteroatoms. The second-order valence-electron chi connectivity index (χ2n) is 4.65. The molecule has 0 saturated carbocycles. The predicted octanol–water partition coefficient (Wildman–Crippen LogP) is 1.28. The molecule has 0 fully saturated rings. The number of methoxy groups -OCH3 is 2. The Bertz CT molecular complexity index is 575. The van der Waals surface area contributed by atoms with Crippen LogP contribution in [-0.4, -0.2) is 31.8 Å². The van der Waals surface area contributed by atoms with Gasteiger partial charge in [0.1, 0.15) is 5.75 Å². The second-order valence-corrected chi connectivity index (χ2v) is 4.65. The van der Waals surface area contributed by atoms with E-state index >= 15 is 0 Å². The molecular formula is C14H14O5. The largest absolute Gasteiger partial charge is 0.497 e. The van der Waals surface area contributed by atoms with Crippen molar-refractivity contribution < 1.29 is 23.9 Å². The molecule has 1 unspecified atom stereocenters. The van der Waals surface area contributed by atoms with Crippen LogP contribution in [0.25, 0.3) is 0 Å². The fraction of sp³-hybridized carbons (Fsp3) is 0.357. The van der Waals surface area contributed by atoms with Crippen molar-refractivity contribution in [3.8, 4) is 5.75 Å². The quantitative estimate of drug-likeness (QED) is 0.606. The predicted molar refractivity (Wildman–Crippen MR) is 66.3 cm³/mol. The highest BCUT2D eigenvalue weighted by molar-refractivity contribution is 6.50. The molecule has 0 bridgehead atoms. The summed E-state index contributed by atoms with van der Waals surface area (Å²) in [4.78, 5) is 35.5. The molecule has 0 radical (unpaired) electrons. The van der Waals surface area contributed by atoms with Crippen molar-refractivity contribution >= 4 is 17.5 Å². The molecule has 19 heavy (non-hydrogen) atoms. The van der Waals surface area contributed by atoms with Crippen molar-refractivity contribution in [2.45, 2.75) is 18.8 Å². The molecule has 0 amide bonds. The minimum atomic E-state index is -1.17. The molecule has 1 aromatic carbocycles. The summed E-state index contributed by atoms with van der Waals surface area (Å²) in [5.74, 6) is -1.14. The molecule has 0 heterocycles. The van der Waals surface area contributed by atoms with Crippen molar-refractivity contribution in [3.63, 3.8) is 0 Å². The van der Waals surface area contributed by atoms with E-state index in [1.807, 2.05) is 0 Å². The molecular weight excluding hydrogens is 248 g/mol. The Morgan fingerprint density at radius 3 is 2.53 bits per heavy atom. The summed E-state index contributed by atoms with van der Waals surface area (Å²) >= 11 is 0. The number of hydrogen-bond acceptors (Lipinski definition) is 5. The second kappa shape index (κ2) is 4.50. The first kappa shape index (κ1) is 13.3. The lowest BCUT2D eigenvalue weighted by atomic mass is 9.80. The standard InChI is InChI=1S/C14H14O5/c1-14(7-11(15)19-3)10-6-8(18-2)4-5-9(10)12(16)13(14)17/h4-6H,7H2,1-3H3. The molecule has 2 rings (SSSR count). The average Bonchev–Trinajstić information content (AvgIpc) is 2.60. The van der Waals surface area contributed by atoms with Crippen LogP contribution in [0.5, 0.6) is 5.75 Å². The Balaban J connectivity index is 2.55. The zero-order valence-corrected chi connectivity index (χ0v) is 11.0. The van der Waals surface area contributed by atoms with E-state index in [2.05, 4.69) is 4.74 Å². The highest BCUT2D eigenvalue weighted by Gasteiger charge is 2.49. The van der Waals surface area contributed by atoms with E-state index in [0.29, 0.717) is 16.9 Å². The van der Waals surface area contributed by atoms with Crippen molar-refractivity contribution in [1.29, 1.82) is 0 Å². The van der Waals surface area contributed by atoms with Crippen LogP contribution in [0, 0.1) is 0 Å². The maximum atomic E-state index is 12.1. The van der Waals surface area contributed by atoms with Crippen molar-refractivity contribution in [1.82, 2.24) is 0 Å². The SMILES string of the molecule is COC(=O)CC1(C)C(=O)C(=O)c2ccc(OC)cc21. The van der Waals surface area contributed by atoms with Gasteiger partial charge in [0.05, 0.1) is 26.1 Å². The molecule has 1 atom stereocenters. The highest BCUT2D eigenvalue weighted by Crippen LogP contribution is 2.40. The molecule has 5 nitrogen and oxygen atoms in total. The molecule has 0 spiro atoms. The molecule has 0 aromatic heterocycles. The number of ketones is 2. The summed E-state index contributed by atoms with van der Waals surface area (Å²) in [5.41, 5.74) is -0.321. The van der Waals surface area contributed by atoms with E-state index in [-0.39, 0.29) is 6.42 Å². The summed E-state index contributed by atoms with van der Waals surface area (Å²) < 4.78 is 9.69. The zero-order chi connectivity index (χ0) is 14.2. The van der Waals surface area contributed by atoms with Crippen molar-refractivity contribution in [3.05, 3.63) is 29.3 Å². The Hall–Kier alpha value is -2.17. The van der Waals surface area contributed by atoms with Gasteiger partial charge in [-0.1, -0.05) is 0 Å². The van der Waals surface area contributed by atoms with Gasteiger partial charge in [0, 0.05) is 5.56 Å². The third kappa shape index (κ3) is 1.91.